The number of benzene rings is 1. The Bertz CT molecular complexity index is 1500. The number of ketones is 1. The SMILES string of the molecule is COCOC(C)(C)[C@@H]1CCC2C(CC[C@@]3(C)C2CCC2Cc4c([nH]c5ccc6c(c45)C[C@@H]4C(C6=O)C(C)(C)OC4(C)C)C23)O1. The topological polar surface area (TPSA) is 69.8 Å². The van der Waals surface area contributed by atoms with Gasteiger partial charge in [0.05, 0.1) is 34.9 Å². The first-order valence-corrected chi connectivity index (χ1v) is 17.5. The predicted molar refractivity (Wildman–Crippen MR) is 171 cm³/mol. The molecule has 2 aromatic rings. The van der Waals surface area contributed by atoms with Gasteiger partial charge in [0.25, 0.3) is 0 Å². The highest BCUT2D eigenvalue weighted by Crippen LogP contribution is 2.66. The zero-order valence-corrected chi connectivity index (χ0v) is 28.2. The van der Waals surface area contributed by atoms with Crippen LogP contribution in [0, 0.1) is 35.0 Å². The third-order valence-corrected chi connectivity index (χ3v) is 13.8. The zero-order valence-electron chi connectivity index (χ0n) is 28.2. The molecule has 2 saturated heterocycles. The lowest BCUT2D eigenvalue weighted by Gasteiger charge is -2.59. The van der Waals surface area contributed by atoms with E-state index < -0.39 is 5.60 Å². The number of carbonyl (C=O) groups excluding carboxylic acids is 1. The van der Waals surface area contributed by atoms with Crippen molar-refractivity contribution in [1.29, 1.82) is 0 Å². The molecule has 6 aliphatic rings. The largest absolute Gasteiger partial charge is 0.372 e. The summed E-state index contributed by atoms with van der Waals surface area (Å²) in [6.45, 7) is 15.8. The van der Waals surface area contributed by atoms with Crippen LogP contribution in [0.3, 0.4) is 0 Å². The number of hydrogen-bond donors (Lipinski definition) is 1. The van der Waals surface area contributed by atoms with E-state index in [4.69, 9.17) is 18.9 Å². The first kappa shape index (κ1) is 29.7. The van der Waals surface area contributed by atoms with Crippen LogP contribution in [0.4, 0.5) is 0 Å². The van der Waals surface area contributed by atoms with Gasteiger partial charge in [-0.15, -0.1) is 0 Å². The number of hydrogen-bond acceptors (Lipinski definition) is 5. The average Bonchev–Trinajstić information content (AvgIpc) is 3.56. The van der Waals surface area contributed by atoms with Crippen molar-refractivity contribution in [2.75, 3.05) is 13.9 Å². The van der Waals surface area contributed by atoms with Gasteiger partial charge >= 0.3 is 0 Å². The van der Waals surface area contributed by atoms with E-state index in [-0.39, 0.29) is 40.3 Å². The second-order valence-electron chi connectivity index (χ2n) is 17.2. The summed E-state index contributed by atoms with van der Waals surface area (Å²) in [6, 6.07) is 4.32. The predicted octanol–water partition coefficient (Wildman–Crippen LogP) is 7.76. The lowest BCUT2D eigenvalue weighted by Crippen LogP contribution is -2.56. The Balaban J connectivity index is 1.12. The molecule has 6 heteroatoms. The third kappa shape index (κ3) is 4.02. The highest BCUT2D eigenvalue weighted by molar-refractivity contribution is 6.06. The maximum absolute atomic E-state index is 14.1. The maximum Gasteiger partial charge on any atom is 0.169 e. The Morgan fingerprint density at radius 2 is 1.73 bits per heavy atom. The molecule has 2 saturated carbocycles. The molecule has 0 spiro atoms. The molecular weight excluding hydrogens is 550 g/mol. The molecule has 0 amide bonds. The van der Waals surface area contributed by atoms with Gasteiger partial charge in [0, 0.05) is 41.1 Å². The number of nitrogens with one attached hydrogen (secondary N) is 1. The van der Waals surface area contributed by atoms with Gasteiger partial charge in [-0.1, -0.05) is 6.92 Å². The van der Waals surface area contributed by atoms with Gasteiger partial charge in [-0.05, 0) is 139 Å². The molecule has 0 bridgehead atoms. The molecule has 2 aliphatic heterocycles. The van der Waals surface area contributed by atoms with Gasteiger partial charge in [0.1, 0.15) is 6.79 Å². The number of H-pyrrole nitrogens is 1. The Kier molecular flexibility index (Phi) is 6.51. The number of ether oxygens (including phenoxy) is 4. The molecule has 6 unspecified atom stereocenters. The number of aromatic nitrogens is 1. The highest BCUT2D eigenvalue weighted by Gasteiger charge is 2.61. The second kappa shape index (κ2) is 9.65. The third-order valence-electron chi connectivity index (χ3n) is 13.8. The van der Waals surface area contributed by atoms with E-state index in [1.165, 1.54) is 53.4 Å². The fourth-order valence-corrected chi connectivity index (χ4v) is 12.0. The number of methoxy groups -OCH3 is 1. The van der Waals surface area contributed by atoms with E-state index in [2.05, 4.69) is 65.6 Å². The maximum atomic E-state index is 14.1. The van der Waals surface area contributed by atoms with Crippen molar-refractivity contribution in [3.05, 3.63) is 34.5 Å². The standard InChI is InChI=1S/C38H53NO5/c1-35(2)26-18-23-21(34(40)32(26)37(5,6)44-35)10-13-27-30(23)24-17-20-9-12-25-22-11-14-29(36(3,4)42-19-41-8)43-28(22)15-16-38(25,7)31(20)33(24)39-27/h10,13,20,22,25-26,28-29,31-32,39H,9,11-12,14-19H2,1-8H3/t20?,22?,25?,26-,28?,29+,31?,32?,38+/m1/s1. The molecule has 240 valence electrons. The van der Waals surface area contributed by atoms with Crippen LogP contribution in [0.2, 0.25) is 0 Å². The fraction of sp³-hybridized carbons (Fsp3) is 0.763. The van der Waals surface area contributed by atoms with Crippen LogP contribution >= 0.6 is 0 Å². The minimum Gasteiger partial charge on any atom is -0.372 e. The number of rotatable bonds is 4. The van der Waals surface area contributed by atoms with Gasteiger partial charge in [-0.3, -0.25) is 4.79 Å². The van der Waals surface area contributed by atoms with Crippen molar-refractivity contribution in [3.8, 4) is 0 Å². The summed E-state index contributed by atoms with van der Waals surface area (Å²) in [5, 5.41) is 1.37. The van der Waals surface area contributed by atoms with Crippen LogP contribution in [-0.4, -0.2) is 53.7 Å². The van der Waals surface area contributed by atoms with Crippen LogP contribution in [0.25, 0.3) is 10.9 Å². The van der Waals surface area contributed by atoms with Gasteiger partial charge < -0.3 is 23.9 Å². The summed E-state index contributed by atoms with van der Waals surface area (Å²) in [7, 11) is 1.68. The van der Waals surface area contributed by atoms with E-state index in [1.54, 1.807) is 7.11 Å². The molecule has 44 heavy (non-hydrogen) atoms. The Hall–Kier alpha value is -1.73. The normalized spacial score (nSPS) is 40.1. The van der Waals surface area contributed by atoms with Gasteiger partial charge in [0.15, 0.2) is 5.78 Å². The lowest BCUT2D eigenvalue weighted by atomic mass is 9.49. The molecule has 1 aromatic heterocycles. The fourth-order valence-electron chi connectivity index (χ4n) is 12.0. The minimum atomic E-state index is -0.440. The summed E-state index contributed by atoms with van der Waals surface area (Å²) < 4.78 is 24.7. The molecule has 4 aliphatic carbocycles. The van der Waals surface area contributed by atoms with Crippen molar-refractivity contribution in [1.82, 2.24) is 4.98 Å². The van der Waals surface area contributed by atoms with Crippen LogP contribution < -0.4 is 0 Å². The first-order valence-electron chi connectivity index (χ1n) is 17.5. The van der Waals surface area contributed by atoms with Crippen molar-refractivity contribution in [2.24, 2.45) is 35.0 Å². The Morgan fingerprint density at radius 1 is 0.932 bits per heavy atom. The highest BCUT2D eigenvalue weighted by atomic mass is 16.7. The quantitative estimate of drug-likeness (QED) is 0.362. The summed E-state index contributed by atoms with van der Waals surface area (Å²) in [5.41, 5.74) is 5.64. The molecule has 1 aromatic carbocycles. The number of Topliss-reactive ketones (excluding diaryl/α,β-unsaturated/α-hetero) is 1. The van der Waals surface area contributed by atoms with Crippen molar-refractivity contribution < 1.29 is 23.7 Å². The molecule has 6 nitrogen and oxygen atoms in total. The summed E-state index contributed by atoms with van der Waals surface area (Å²) >= 11 is 0. The van der Waals surface area contributed by atoms with Gasteiger partial charge in [0.2, 0.25) is 0 Å². The molecule has 9 atom stereocenters. The molecule has 0 radical (unpaired) electrons. The van der Waals surface area contributed by atoms with Crippen LogP contribution in [0.15, 0.2) is 12.1 Å². The molecule has 1 N–H and O–H groups in total. The van der Waals surface area contributed by atoms with E-state index >= 15 is 0 Å². The summed E-state index contributed by atoms with van der Waals surface area (Å²) in [5.74, 6) is 2.94. The van der Waals surface area contributed by atoms with Gasteiger partial charge in [-0.2, -0.15) is 0 Å². The van der Waals surface area contributed by atoms with E-state index in [9.17, 15) is 4.79 Å². The molecular formula is C38H53NO5. The molecule has 4 fully saturated rings. The van der Waals surface area contributed by atoms with Crippen molar-refractivity contribution in [3.63, 3.8) is 0 Å². The zero-order chi connectivity index (χ0) is 31.0. The van der Waals surface area contributed by atoms with E-state index in [1.807, 2.05) is 0 Å². The second-order valence-corrected chi connectivity index (χ2v) is 17.2. The Morgan fingerprint density at radius 3 is 2.50 bits per heavy atom. The summed E-state index contributed by atoms with van der Waals surface area (Å²) in [4.78, 5) is 18.1. The van der Waals surface area contributed by atoms with E-state index in [0.29, 0.717) is 36.6 Å². The molecule has 3 heterocycles. The Labute approximate surface area is 263 Å². The lowest BCUT2D eigenvalue weighted by molar-refractivity contribution is -0.230. The van der Waals surface area contributed by atoms with Crippen LogP contribution in [0.1, 0.15) is 120 Å². The van der Waals surface area contributed by atoms with Crippen LogP contribution in [0.5, 0.6) is 0 Å². The van der Waals surface area contributed by atoms with Crippen molar-refractivity contribution in [2.45, 2.75) is 135 Å². The number of fused-ring (bicyclic) bond motifs is 12. The number of carbonyl (C=O) groups is 1. The monoisotopic (exact) mass is 603 g/mol. The smallest absolute Gasteiger partial charge is 0.169 e. The van der Waals surface area contributed by atoms with Crippen molar-refractivity contribution >= 4 is 16.7 Å². The van der Waals surface area contributed by atoms with E-state index in [0.717, 1.165) is 31.2 Å². The summed E-state index contributed by atoms with van der Waals surface area (Å²) in [6.07, 6.45) is 9.71. The average molecular weight is 604 g/mol. The van der Waals surface area contributed by atoms with Crippen LogP contribution in [-0.2, 0) is 31.8 Å². The van der Waals surface area contributed by atoms with Gasteiger partial charge in [-0.25, -0.2) is 0 Å². The number of aromatic amines is 1. The minimum absolute atomic E-state index is 0.0821. The molecule has 8 rings (SSSR count). The first-order chi connectivity index (χ1) is 20.8.